The summed E-state index contributed by atoms with van der Waals surface area (Å²) < 4.78 is 5.26. The van der Waals surface area contributed by atoms with Crippen LogP contribution in [0.2, 0.25) is 0 Å². The van der Waals surface area contributed by atoms with Crippen molar-refractivity contribution in [3.63, 3.8) is 0 Å². The lowest BCUT2D eigenvalue weighted by Crippen LogP contribution is -2.60. The molecule has 9 nitrogen and oxygen atoms in total. The number of nitrogens with zero attached hydrogens (tertiary/aromatic N) is 1. The molecule has 9 heteroatoms. The van der Waals surface area contributed by atoms with Crippen molar-refractivity contribution in [1.82, 2.24) is 0 Å². The van der Waals surface area contributed by atoms with E-state index in [1.54, 1.807) is 0 Å². The van der Waals surface area contributed by atoms with Crippen LogP contribution in [0.1, 0.15) is 0 Å². The summed E-state index contributed by atoms with van der Waals surface area (Å²) in [4.78, 5) is 10.0. The molecule has 0 bridgehead atoms. The predicted octanol–water partition coefficient (Wildman–Crippen LogP) is -1.19. The first kappa shape index (κ1) is 15.6. The zero-order valence-electron chi connectivity index (χ0n) is 10.9. The number of non-ortho nitro benzene ring substituents is 1. The van der Waals surface area contributed by atoms with Crippen LogP contribution in [0, 0.1) is 10.1 Å². The molecule has 1 aromatic carbocycles. The second-order valence-corrected chi connectivity index (χ2v) is 4.70. The van der Waals surface area contributed by atoms with E-state index in [0.717, 1.165) is 0 Å². The minimum absolute atomic E-state index is 0.0886. The van der Waals surface area contributed by atoms with Gasteiger partial charge in [-0.15, -0.1) is 0 Å². The first-order valence-electron chi connectivity index (χ1n) is 6.25. The standard InChI is InChI=1S/C12H16N2O7/c15-5-8-9(16)10(17)11(18)12(21-8)13-6-1-3-7(4-2-6)14(19)20/h1-4,8-13,15-18H,5H2/t8?,9-,10+,11?,12-/m1/s1. The van der Waals surface area contributed by atoms with Gasteiger partial charge in [0.25, 0.3) is 5.69 Å². The molecule has 5 atom stereocenters. The van der Waals surface area contributed by atoms with Gasteiger partial charge in [0, 0.05) is 17.8 Å². The highest BCUT2D eigenvalue weighted by atomic mass is 16.6. The molecule has 1 heterocycles. The van der Waals surface area contributed by atoms with Crippen LogP contribution in [0.25, 0.3) is 0 Å². The number of nitrogens with one attached hydrogen (secondary N) is 1. The van der Waals surface area contributed by atoms with E-state index in [9.17, 15) is 25.4 Å². The average Bonchev–Trinajstić information content (AvgIpc) is 2.48. The number of nitro benzene ring substituents is 1. The Morgan fingerprint density at radius 3 is 2.29 bits per heavy atom. The van der Waals surface area contributed by atoms with Gasteiger partial charge in [0.2, 0.25) is 0 Å². The lowest BCUT2D eigenvalue weighted by atomic mass is 9.98. The van der Waals surface area contributed by atoms with E-state index in [0.29, 0.717) is 5.69 Å². The van der Waals surface area contributed by atoms with Crippen LogP contribution >= 0.6 is 0 Å². The Hall–Kier alpha value is -1.78. The molecular weight excluding hydrogens is 284 g/mol. The summed E-state index contributed by atoms with van der Waals surface area (Å²) in [6.07, 6.45) is -6.41. The quantitative estimate of drug-likeness (QED) is 0.344. The molecule has 116 valence electrons. The summed E-state index contributed by atoms with van der Waals surface area (Å²) in [5, 5.41) is 51.5. The normalized spacial score (nSPS) is 32.7. The first-order valence-corrected chi connectivity index (χ1v) is 6.25. The van der Waals surface area contributed by atoms with Crippen molar-refractivity contribution in [2.45, 2.75) is 30.6 Å². The molecule has 2 unspecified atom stereocenters. The number of anilines is 1. The highest BCUT2D eigenvalue weighted by Crippen LogP contribution is 2.23. The number of rotatable bonds is 4. The van der Waals surface area contributed by atoms with Crippen LogP contribution in [-0.2, 0) is 4.74 Å². The van der Waals surface area contributed by atoms with E-state index < -0.39 is 42.2 Å². The zero-order valence-corrected chi connectivity index (χ0v) is 10.9. The molecule has 0 amide bonds. The van der Waals surface area contributed by atoms with Crippen LogP contribution in [0.15, 0.2) is 24.3 Å². The number of hydrogen-bond acceptors (Lipinski definition) is 8. The summed E-state index contributed by atoms with van der Waals surface area (Å²) in [5.74, 6) is 0. The number of benzene rings is 1. The van der Waals surface area contributed by atoms with E-state index in [1.807, 2.05) is 0 Å². The summed E-state index contributed by atoms with van der Waals surface area (Å²) >= 11 is 0. The van der Waals surface area contributed by atoms with Crippen molar-refractivity contribution in [3.8, 4) is 0 Å². The molecule has 1 aliphatic heterocycles. The molecule has 5 N–H and O–H groups in total. The topological polar surface area (TPSA) is 145 Å². The van der Waals surface area contributed by atoms with Crippen molar-refractivity contribution < 1.29 is 30.1 Å². The monoisotopic (exact) mass is 300 g/mol. The molecule has 0 saturated carbocycles. The van der Waals surface area contributed by atoms with Crippen molar-refractivity contribution >= 4 is 11.4 Å². The maximum Gasteiger partial charge on any atom is 0.269 e. The van der Waals surface area contributed by atoms with E-state index >= 15 is 0 Å². The number of ether oxygens (including phenoxy) is 1. The van der Waals surface area contributed by atoms with Gasteiger partial charge in [-0.2, -0.15) is 0 Å². The summed E-state index contributed by atoms with van der Waals surface area (Å²) in [6.45, 7) is -0.524. The first-order chi connectivity index (χ1) is 9.93. The average molecular weight is 300 g/mol. The van der Waals surface area contributed by atoms with Crippen LogP contribution in [0.5, 0.6) is 0 Å². The van der Waals surface area contributed by atoms with Crippen molar-refractivity contribution in [3.05, 3.63) is 34.4 Å². The minimum Gasteiger partial charge on any atom is -0.394 e. The van der Waals surface area contributed by atoms with Gasteiger partial charge in [0.05, 0.1) is 11.5 Å². The van der Waals surface area contributed by atoms with Crippen molar-refractivity contribution in [1.29, 1.82) is 0 Å². The molecule has 0 aromatic heterocycles. The predicted molar refractivity (Wildman–Crippen MR) is 70.5 cm³/mol. The number of nitro groups is 1. The lowest BCUT2D eigenvalue weighted by molar-refractivity contribution is -0.384. The molecule has 0 radical (unpaired) electrons. The molecule has 1 saturated heterocycles. The molecule has 1 aliphatic rings. The number of aliphatic hydroxyl groups is 4. The smallest absolute Gasteiger partial charge is 0.269 e. The van der Waals surface area contributed by atoms with E-state index in [4.69, 9.17) is 9.84 Å². The summed E-state index contributed by atoms with van der Waals surface area (Å²) in [6, 6.07) is 5.37. The van der Waals surface area contributed by atoms with Gasteiger partial charge < -0.3 is 30.5 Å². The highest BCUT2D eigenvalue weighted by Gasteiger charge is 2.43. The van der Waals surface area contributed by atoms with Gasteiger partial charge in [0.1, 0.15) is 24.4 Å². The van der Waals surface area contributed by atoms with Crippen LogP contribution in [-0.4, -0.2) is 62.6 Å². The van der Waals surface area contributed by atoms with Crippen molar-refractivity contribution in [2.24, 2.45) is 0 Å². The molecule has 0 spiro atoms. The summed E-state index contributed by atoms with van der Waals surface area (Å²) in [7, 11) is 0. The van der Waals surface area contributed by atoms with Gasteiger partial charge in [-0.05, 0) is 12.1 Å². The molecule has 1 aromatic rings. The number of hydrogen-bond donors (Lipinski definition) is 5. The third kappa shape index (κ3) is 3.28. The molecule has 0 aliphatic carbocycles. The van der Waals surface area contributed by atoms with E-state index in [-0.39, 0.29) is 5.69 Å². The van der Waals surface area contributed by atoms with Crippen molar-refractivity contribution in [2.75, 3.05) is 11.9 Å². The Morgan fingerprint density at radius 2 is 1.76 bits per heavy atom. The molecule has 2 rings (SSSR count). The maximum absolute atomic E-state index is 10.5. The lowest BCUT2D eigenvalue weighted by Gasteiger charge is -2.40. The maximum atomic E-state index is 10.5. The Bertz CT molecular complexity index is 493. The molecule has 1 fully saturated rings. The third-order valence-corrected chi connectivity index (χ3v) is 3.28. The van der Waals surface area contributed by atoms with Gasteiger partial charge >= 0.3 is 0 Å². The van der Waals surface area contributed by atoms with Gasteiger partial charge in [-0.1, -0.05) is 0 Å². The second-order valence-electron chi connectivity index (χ2n) is 4.70. The number of aliphatic hydroxyl groups excluding tert-OH is 4. The summed E-state index contributed by atoms with van der Waals surface area (Å²) in [5.41, 5.74) is 0.333. The minimum atomic E-state index is -1.48. The van der Waals surface area contributed by atoms with Crippen LogP contribution in [0.3, 0.4) is 0 Å². The fraction of sp³-hybridized carbons (Fsp3) is 0.500. The van der Waals surface area contributed by atoms with Crippen LogP contribution in [0.4, 0.5) is 11.4 Å². The van der Waals surface area contributed by atoms with Gasteiger partial charge in [-0.3, -0.25) is 10.1 Å². The van der Waals surface area contributed by atoms with E-state index in [2.05, 4.69) is 5.32 Å². The SMILES string of the molecule is O=[N+]([O-])c1ccc(N[C@@H]2OC(CO)[C@@H](O)[C@H](O)C2O)cc1. The fourth-order valence-electron chi connectivity index (χ4n) is 2.06. The highest BCUT2D eigenvalue weighted by molar-refractivity contribution is 5.49. The Balaban J connectivity index is 2.08. The molecular formula is C12H16N2O7. The third-order valence-electron chi connectivity index (χ3n) is 3.28. The largest absolute Gasteiger partial charge is 0.394 e. The molecule has 21 heavy (non-hydrogen) atoms. The fourth-order valence-corrected chi connectivity index (χ4v) is 2.06. The van der Waals surface area contributed by atoms with Gasteiger partial charge in [-0.25, -0.2) is 0 Å². The Labute approximate surface area is 119 Å². The second kappa shape index (κ2) is 6.33. The Kier molecular flexibility index (Phi) is 4.70. The Morgan fingerprint density at radius 1 is 1.14 bits per heavy atom. The van der Waals surface area contributed by atoms with E-state index in [1.165, 1.54) is 24.3 Å². The van der Waals surface area contributed by atoms with Gasteiger partial charge in [0.15, 0.2) is 6.23 Å². The van der Waals surface area contributed by atoms with Crippen LogP contribution < -0.4 is 5.32 Å². The zero-order chi connectivity index (χ0) is 15.6.